The van der Waals surface area contributed by atoms with Crippen molar-refractivity contribution in [1.29, 1.82) is 0 Å². The van der Waals surface area contributed by atoms with E-state index in [2.05, 4.69) is 15.9 Å². The molecule has 4 nitrogen and oxygen atoms in total. The molecule has 0 unspecified atom stereocenters. The van der Waals surface area contributed by atoms with Gasteiger partial charge in [0.25, 0.3) is 0 Å². The first-order valence-corrected chi connectivity index (χ1v) is 8.68. The van der Waals surface area contributed by atoms with E-state index >= 15 is 0 Å². The van der Waals surface area contributed by atoms with Gasteiger partial charge in [0.15, 0.2) is 0 Å². The summed E-state index contributed by atoms with van der Waals surface area (Å²) < 4.78 is 27.3. The SMILES string of the molecule is CN(Cc1ccccc1Br)S(=O)(=O)c1cc(N)ccc1Cl. The number of nitrogens with two attached hydrogens (primary N) is 1. The Balaban J connectivity index is 2.35. The maximum absolute atomic E-state index is 12.6. The molecular formula is C14H14BrClN2O2S. The molecule has 0 atom stereocenters. The number of halogens is 2. The Bertz CT molecular complexity index is 765. The molecular weight excluding hydrogens is 376 g/mol. The summed E-state index contributed by atoms with van der Waals surface area (Å²) in [6.45, 7) is 0.231. The zero-order chi connectivity index (χ0) is 15.6. The van der Waals surface area contributed by atoms with E-state index in [0.717, 1.165) is 10.0 Å². The minimum Gasteiger partial charge on any atom is -0.399 e. The highest BCUT2D eigenvalue weighted by molar-refractivity contribution is 9.10. The molecule has 2 aromatic carbocycles. The van der Waals surface area contributed by atoms with Crippen LogP contribution in [0.1, 0.15) is 5.56 Å². The van der Waals surface area contributed by atoms with Crippen LogP contribution in [0.3, 0.4) is 0 Å². The number of nitrogens with zero attached hydrogens (tertiary/aromatic N) is 1. The van der Waals surface area contributed by atoms with Gasteiger partial charge in [-0.1, -0.05) is 45.7 Å². The van der Waals surface area contributed by atoms with Gasteiger partial charge in [0, 0.05) is 23.8 Å². The molecule has 0 amide bonds. The normalized spacial score (nSPS) is 11.8. The number of nitrogen functional groups attached to an aromatic ring is 1. The smallest absolute Gasteiger partial charge is 0.244 e. The molecule has 0 aromatic heterocycles. The van der Waals surface area contributed by atoms with Gasteiger partial charge in [0.1, 0.15) is 4.90 Å². The van der Waals surface area contributed by atoms with Gasteiger partial charge in [-0.3, -0.25) is 0 Å². The van der Waals surface area contributed by atoms with E-state index in [-0.39, 0.29) is 16.5 Å². The molecule has 2 N–H and O–H groups in total. The Hall–Kier alpha value is -1.08. The van der Waals surface area contributed by atoms with E-state index in [0.29, 0.717) is 5.69 Å². The van der Waals surface area contributed by atoms with Crippen LogP contribution in [-0.4, -0.2) is 19.8 Å². The molecule has 0 saturated heterocycles. The minimum absolute atomic E-state index is 0.0127. The third-order valence-corrected chi connectivity index (χ3v) is 6.05. The molecule has 112 valence electrons. The lowest BCUT2D eigenvalue weighted by Gasteiger charge is -2.19. The molecule has 0 saturated carbocycles. The Labute approximate surface area is 137 Å². The molecule has 0 heterocycles. The zero-order valence-corrected chi connectivity index (χ0v) is 14.4. The predicted octanol–water partition coefficient (Wildman–Crippen LogP) is 3.51. The first-order valence-electron chi connectivity index (χ1n) is 6.07. The van der Waals surface area contributed by atoms with Gasteiger partial charge < -0.3 is 5.73 Å². The second-order valence-electron chi connectivity index (χ2n) is 4.54. The molecule has 2 rings (SSSR count). The van der Waals surface area contributed by atoms with Crippen molar-refractivity contribution >= 4 is 43.2 Å². The summed E-state index contributed by atoms with van der Waals surface area (Å²) in [5, 5.41) is 0.156. The second kappa shape index (κ2) is 6.36. The first kappa shape index (κ1) is 16.3. The summed E-state index contributed by atoms with van der Waals surface area (Å²) in [5.41, 5.74) is 6.87. The standard InChI is InChI=1S/C14H14BrClN2O2S/c1-18(9-10-4-2-3-5-12(10)15)21(19,20)14-8-11(17)6-7-13(14)16/h2-8H,9,17H2,1H3. The van der Waals surface area contributed by atoms with Crippen LogP contribution in [0.15, 0.2) is 51.8 Å². The van der Waals surface area contributed by atoms with Gasteiger partial charge in [0.2, 0.25) is 10.0 Å². The van der Waals surface area contributed by atoms with Crippen molar-refractivity contribution in [2.75, 3.05) is 12.8 Å². The van der Waals surface area contributed by atoms with Crippen molar-refractivity contribution < 1.29 is 8.42 Å². The maximum atomic E-state index is 12.6. The topological polar surface area (TPSA) is 63.4 Å². The average molecular weight is 390 g/mol. The highest BCUT2D eigenvalue weighted by Crippen LogP contribution is 2.27. The maximum Gasteiger partial charge on any atom is 0.244 e. The Morgan fingerprint density at radius 3 is 2.57 bits per heavy atom. The summed E-state index contributed by atoms with van der Waals surface area (Å²) >= 11 is 9.39. The van der Waals surface area contributed by atoms with Crippen molar-refractivity contribution in [3.05, 3.63) is 57.5 Å². The summed E-state index contributed by atoms with van der Waals surface area (Å²) in [5.74, 6) is 0. The number of benzene rings is 2. The molecule has 7 heteroatoms. The molecule has 0 aliphatic rings. The molecule has 0 spiro atoms. The van der Waals surface area contributed by atoms with Crippen LogP contribution in [0.4, 0.5) is 5.69 Å². The number of anilines is 1. The number of hydrogen-bond acceptors (Lipinski definition) is 3. The van der Waals surface area contributed by atoms with Crippen molar-refractivity contribution in [3.8, 4) is 0 Å². The van der Waals surface area contributed by atoms with Crippen molar-refractivity contribution in [1.82, 2.24) is 4.31 Å². The van der Waals surface area contributed by atoms with Crippen LogP contribution in [0.25, 0.3) is 0 Å². The van der Waals surface area contributed by atoms with Gasteiger partial charge in [-0.15, -0.1) is 0 Å². The quantitative estimate of drug-likeness (QED) is 0.814. The average Bonchev–Trinajstić information content (AvgIpc) is 2.43. The van der Waals surface area contributed by atoms with Gasteiger partial charge >= 0.3 is 0 Å². The van der Waals surface area contributed by atoms with E-state index in [4.69, 9.17) is 17.3 Å². The zero-order valence-electron chi connectivity index (χ0n) is 11.3. The first-order chi connectivity index (χ1) is 9.82. The van der Waals surface area contributed by atoms with E-state index in [9.17, 15) is 8.42 Å². The molecule has 0 aliphatic carbocycles. The van der Waals surface area contributed by atoms with Crippen LogP contribution in [0.5, 0.6) is 0 Å². The van der Waals surface area contributed by atoms with Crippen molar-refractivity contribution in [2.24, 2.45) is 0 Å². The third-order valence-electron chi connectivity index (χ3n) is 2.99. The van der Waals surface area contributed by atoms with Gasteiger partial charge in [-0.05, 0) is 29.8 Å². The van der Waals surface area contributed by atoms with Crippen LogP contribution >= 0.6 is 27.5 Å². The fraction of sp³-hybridized carbons (Fsp3) is 0.143. The largest absolute Gasteiger partial charge is 0.399 e. The monoisotopic (exact) mass is 388 g/mol. The lowest BCUT2D eigenvalue weighted by Crippen LogP contribution is -2.27. The highest BCUT2D eigenvalue weighted by Gasteiger charge is 2.24. The Morgan fingerprint density at radius 1 is 1.24 bits per heavy atom. The van der Waals surface area contributed by atoms with Crippen LogP contribution < -0.4 is 5.73 Å². The fourth-order valence-corrected chi connectivity index (χ4v) is 3.90. The minimum atomic E-state index is -3.71. The van der Waals surface area contributed by atoms with Crippen LogP contribution in [0.2, 0.25) is 5.02 Å². The Kier molecular flexibility index (Phi) is 4.93. The molecule has 0 bridgehead atoms. The van der Waals surface area contributed by atoms with E-state index in [1.807, 2.05) is 24.3 Å². The molecule has 21 heavy (non-hydrogen) atoms. The summed E-state index contributed by atoms with van der Waals surface area (Å²) in [6, 6.07) is 11.9. The highest BCUT2D eigenvalue weighted by atomic mass is 79.9. The van der Waals surface area contributed by atoms with Gasteiger partial charge in [-0.2, -0.15) is 4.31 Å². The van der Waals surface area contributed by atoms with Gasteiger partial charge in [-0.25, -0.2) is 8.42 Å². The van der Waals surface area contributed by atoms with Crippen LogP contribution in [-0.2, 0) is 16.6 Å². The summed E-state index contributed by atoms with van der Waals surface area (Å²) in [4.78, 5) is 0.0127. The molecule has 0 aliphatic heterocycles. The van der Waals surface area contributed by atoms with E-state index in [1.54, 1.807) is 6.07 Å². The molecule has 0 radical (unpaired) electrons. The molecule has 2 aromatic rings. The number of rotatable bonds is 4. The van der Waals surface area contributed by atoms with Crippen molar-refractivity contribution in [2.45, 2.75) is 11.4 Å². The number of hydrogen-bond donors (Lipinski definition) is 1. The summed E-state index contributed by atoms with van der Waals surface area (Å²) in [7, 11) is -2.20. The lowest BCUT2D eigenvalue weighted by molar-refractivity contribution is 0.466. The van der Waals surface area contributed by atoms with Crippen molar-refractivity contribution in [3.63, 3.8) is 0 Å². The van der Waals surface area contributed by atoms with Gasteiger partial charge in [0.05, 0.1) is 5.02 Å². The van der Waals surface area contributed by atoms with E-state index in [1.165, 1.54) is 23.5 Å². The summed E-state index contributed by atoms with van der Waals surface area (Å²) in [6.07, 6.45) is 0. The van der Waals surface area contributed by atoms with Crippen LogP contribution in [0, 0.1) is 0 Å². The number of sulfonamides is 1. The van der Waals surface area contributed by atoms with E-state index < -0.39 is 10.0 Å². The second-order valence-corrected chi connectivity index (χ2v) is 7.82. The fourth-order valence-electron chi connectivity index (χ4n) is 1.84. The molecule has 0 fully saturated rings. The Morgan fingerprint density at radius 2 is 1.90 bits per heavy atom. The lowest BCUT2D eigenvalue weighted by atomic mass is 10.2. The third kappa shape index (κ3) is 3.58. The predicted molar refractivity (Wildman–Crippen MR) is 88.7 cm³/mol.